The van der Waals surface area contributed by atoms with Crippen LogP contribution in [0.5, 0.6) is 0 Å². The lowest BCUT2D eigenvalue weighted by molar-refractivity contribution is -0.142. The van der Waals surface area contributed by atoms with Crippen LogP contribution < -0.4 is 10.6 Å². The van der Waals surface area contributed by atoms with Crippen molar-refractivity contribution in [2.75, 3.05) is 11.9 Å². The summed E-state index contributed by atoms with van der Waals surface area (Å²) >= 11 is 1.11. The van der Waals surface area contributed by atoms with Crippen LogP contribution in [0.3, 0.4) is 0 Å². The number of carbonyl (C=O) groups is 3. The van der Waals surface area contributed by atoms with Gasteiger partial charge in [0.1, 0.15) is 12.3 Å². The van der Waals surface area contributed by atoms with Crippen LogP contribution in [0.15, 0.2) is 53.9 Å². The standard InChI is InChI=1S/C25H23N3O5S/c29-22(26-20-11-5-10-18(20)23(30)31)21-13-34-24(27-21)28-25(32)33-12-19-16-8-3-1-6-14(16)15-7-2-4-9-17(15)19/h1-4,6-9,13,18-20H,5,10-12H2,(H,26,29)(H,30,31)(H,27,28,32). The number of anilines is 1. The van der Waals surface area contributed by atoms with E-state index in [4.69, 9.17) is 4.74 Å². The number of rotatable bonds is 6. The van der Waals surface area contributed by atoms with Gasteiger partial charge in [-0.25, -0.2) is 9.78 Å². The second kappa shape index (κ2) is 9.26. The van der Waals surface area contributed by atoms with Gasteiger partial charge in [0.05, 0.1) is 5.92 Å². The number of benzene rings is 2. The van der Waals surface area contributed by atoms with Crippen LogP contribution in [0.4, 0.5) is 9.93 Å². The Labute approximate surface area is 200 Å². The molecule has 1 fully saturated rings. The fourth-order valence-corrected chi connectivity index (χ4v) is 5.50. The first kappa shape index (κ1) is 22.1. The molecule has 9 heteroatoms. The number of fused-ring (bicyclic) bond motifs is 3. The molecule has 0 bridgehead atoms. The number of carbonyl (C=O) groups excluding carboxylic acids is 2. The lowest BCUT2D eigenvalue weighted by atomic mass is 9.98. The van der Waals surface area contributed by atoms with Crippen LogP contribution in [0.1, 0.15) is 46.8 Å². The molecule has 0 aliphatic heterocycles. The van der Waals surface area contributed by atoms with Gasteiger partial charge >= 0.3 is 12.1 Å². The third kappa shape index (κ3) is 4.26. The molecule has 1 heterocycles. The molecule has 8 nitrogen and oxygen atoms in total. The van der Waals surface area contributed by atoms with Crippen molar-refractivity contribution in [3.8, 4) is 11.1 Å². The van der Waals surface area contributed by atoms with Gasteiger partial charge in [0.15, 0.2) is 5.13 Å². The van der Waals surface area contributed by atoms with Gasteiger partial charge in [-0.3, -0.25) is 14.9 Å². The van der Waals surface area contributed by atoms with Crippen LogP contribution in [-0.4, -0.2) is 40.7 Å². The summed E-state index contributed by atoms with van der Waals surface area (Å²) in [6, 6.07) is 15.8. The summed E-state index contributed by atoms with van der Waals surface area (Å²) < 4.78 is 5.51. The van der Waals surface area contributed by atoms with Crippen molar-refractivity contribution in [3.05, 3.63) is 70.7 Å². The minimum Gasteiger partial charge on any atom is -0.481 e. The van der Waals surface area contributed by atoms with Crippen LogP contribution in [-0.2, 0) is 9.53 Å². The van der Waals surface area contributed by atoms with E-state index in [-0.39, 0.29) is 23.4 Å². The first-order valence-corrected chi connectivity index (χ1v) is 12.0. The minimum absolute atomic E-state index is 0.0515. The summed E-state index contributed by atoms with van der Waals surface area (Å²) in [5.74, 6) is -1.99. The highest BCUT2D eigenvalue weighted by Crippen LogP contribution is 2.44. The Hall–Kier alpha value is -3.72. The smallest absolute Gasteiger partial charge is 0.413 e. The zero-order valence-corrected chi connectivity index (χ0v) is 19.0. The van der Waals surface area contributed by atoms with Gasteiger partial charge in [-0.2, -0.15) is 0 Å². The maximum atomic E-state index is 12.5. The van der Waals surface area contributed by atoms with Crippen molar-refractivity contribution in [1.29, 1.82) is 0 Å². The van der Waals surface area contributed by atoms with Crippen molar-refractivity contribution >= 4 is 34.4 Å². The summed E-state index contributed by atoms with van der Waals surface area (Å²) in [4.78, 5) is 40.4. The van der Waals surface area contributed by atoms with Crippen LogP contribution >= 0.6 is 11.3 Å². The Balaban J connectivity index is 1.19. The van der Waals surface area contributed by atoms with Gasteiger partial charge in [-0.1, -0.05) is 55.0 Å². The van der Waals surface area contributed by atoms with E-state index in [0.717, 1.165) is 40.0 Å². The Morgan fingerprint density at radius 3 is 2.38 bits per heavy atom. The normalized spacial score (nSPS) is 18.7. The first-order valence-electron chi connectivity index (χ1n) is 11.1. The predicted octanol–water partition coefficient (Wildman–Crippen LogP) is 4.49. The molecule has 2 amide bonds. The molecular formula is C25H23N3O5S. The monoisotopic (exact) mass is 477 g/mol. The molecule has 2 aliphatic carbocycles. The maximum Gasteiger partial charge on any atom is 0.413 e. The van der Waals surface area contributed by atoms with Crippen molar-refractivity contribution in [3.63, 3.8) is 0 Å². The van der Waals surface area contributed by atoms with E-state index in [1.165, 1.54) is 5.38 Å². The predicted molar refractivity (Wildman–Crippen MR) is 127 cm³/mol. The molecule has 2 unspecified atom stereocenters. The van der Waals surface area contributed by atoms with E-state index in [1.54, 1.807) is 0 Å². The molecule has 0 saturated heterocycles. The molecule has 34 heavy (non-hydrogen) atoms. The zero-order valence-electron chi connectivity index (χ0n) is 18.2. The van der Waals surface area contributed by atoms with Crippen molar-refractivity contribution in [1.82, 2.24) is 10.3 Å². The lowest BCUT2D eigenvalue weighted by Crippen LogP contribution is -2.40. The van der Waals surface area contributed by atoms with E-state index in [1.807, 2.05) is 36.4 Å². The number of carboxylic acids is 1. The largest absolute Gasteiger partial charge is 0.481 e. The number of nitrogens with one attached hydrogen (secondary N) is 2. The van der Waals surface area contributed by atoms with E-state index < -0.39 is 29.9 Å². The first-order chi connectivity index (χ1) is 16.5. The van der Waals surface area contributed by atoms with Gasteiger partial charge in [-0.15, -0.1) is 11.3 Å². The Morgan fingerprint density at radius 2 is 1.71 bits per heavy atom. The van der Waals surface area contributed by atoms with E-state index >= 15 is 0 Å². The number of hydrogen-bond donors (Lipinski definition) is 3. The summed E-state index contributed by atoms with van der Waals surface area (Å²) in [6.07, 6.45) is 1.28. The number of hydrogen-bond acceptors (Lipinski definition) is 6. The average Bonchev–Trinajstić information content (AvgIpc) is 3.56. The van der Waals surface area contributed by atoms with Gasteiger partial charge < -0.3 is 15.2 Å². The Bertz CT molecular complexity index is 1210. The third-order valence-corrected chi connectivity index (χ3v) is 7.20. The van der Waals surface area contributed by atoms with Gasteiger partial charge in [0.25, 0.3) is 5.91 Å². The summed E-state index contributed by atoms with van der Waals surface area (Å²) in [5.41, 5.74) is 4.67. The maximum absolute atomic E-state index is 12.5. The molecule has 2 atom stereocenters. The fourth-order valence-electron chi connectivity index (χ4n) is 4.83. The molecule has 0 radical (unpaired) electrons. The zero-order chi connectivity index (χ0) is 23.7. The second-order valence-electron chi connectivity index (χ2n) is 8.44. The molecule has 5 rings (SSSR count). The van der Waals surface area contributed by atoms with Crippen LogP contribution in [0, 0.1) is 5.92 Å². The Kier molecular flexibility index (Phi) is 6.02. The molecule has 1 aromatic heterocycles. The molecule has 0 spiro atoms. The number of nitrogens with zero attached hydrogens (tertiary/aromatic N) is 1. The van der Waals surface area contributed by atoms with Crippen LogP contribution in [0.25, 0.3) is 11.1 Å². The highest BCUT2D eigenvalue weighted by atomic mass is 32.1. The molecule has 174 valence electrons. The molecule has 2 aliphatic rings. The van der Waals surface area contributed by atoms with E-state index in [2.05, 4.69) is 27.8 Å². The number of aromatic nitrogens is 1. The highest BCUT2D eigenvalue weighted by molar-refractivity contribution is 7.14. The number of aliphatic carboxylic acids is 1. The SMILES string of the molecule is O=C(Nc1nc(C(=O)NC2CCCC2C(=O)O)cs1)OCC1c2ccccc2-c2ccccc21. The molecular weight excluding hydrogens is 454 g/mol. The number of amides is 2. The minimum atomic E-state index is -0.904. The van der Waals surface area contributed by atoms with E-state index in [0.29, 0.717) is 12.8 Å². The Morgan fingerprint density at radius 1 is 1.03 bits per heavy atom. The topological polar surface area (TPSA) is 118 Å². The van der Waals surface area contributed by atoms with Gasteiger partial charge in [0, 0.05) is 17.3 Å². The molecule has 3 N–H and O–H groups in total. The highest BCUT2D eigenvalue weighted by Gasteiger charge is 2.34. The fraction of sp³-hybridized carbons (Fsp3) is 0.280. The summed E-state index contributed by atoms with van der Waals surface area (Å²) in [5, 5.41) is 16.4. The third-order valence-electron chi connectivity index (χ3n) is 6.44. The molecule has 1 saturated carbocycles. The molecule has 2 aromatic carbocycles. The quantitative estimate of drug-likeness (QED) is 0.482. The number of ether oxygens (including phenoxy) is 1. The van der Waals surface area contributed by atoms with Crippen LogP contribution in [0.2, 0.25) is 0 Å². The number of carboxylic acid groups (broad SMARTS) is 1. The van der Waals surface area contributed by atoms with Gasteiger partial charge in [0.2, 0.25) is 0 Å². The van der Waals surface area contributed by atoms with Crippen molar-refractivity contribution in [2.24, 2.45) is 5.92 Å². The second-order valence-corrected chi connectivity index (χ2v) is 9.30. The number of thiazole rings is 1. The van der Waals surface area contributed by atoms with Gasteiger partial charge in [-0.05, 0) is 35.1 Å². The lowest BCUT2D eigenvalue weighted by Gasteiger charge is -2.16. The molecule has 3 aromatic rings. The summed E-state index contributed by atoms with van der Waals surface area (Å²) in [6.45, 7) is 0.177. The summed E-state index contributed by atoms with van der Waals surface area (Å²) in [7, 11) is 0. The van der Waals surface area contributed by atoms with Crippen molar-refractivity contribution < 1.29 is 24.2 Å². The van der Waals surface area contributed by atoms with E-state index in [9.17, 15) is 19.5 Å². The van der Waals surface area contributed by atoms with Crippen molar-refractivity contribution in [2.45, 2.75) is 31.2 Å². The average molecular weight is 478 g/mol.